The van der Waals surface area contributed by atoms with Gasteiger partial charge in [-0.3, -0.25) is 10.8 Å². The topological polar surface area (TPSA) is 69.4 Å². The van der Waals surface area contributed by atoms with E-state index < -0.39 is 0 Å². The van der Waals surface area contributed by atoms with Crippen LogP contribution < -0.4 is 20.7 Å². The van der Waals surface area contributed by atoms with Gasteiger partial charge in [0.25, 0.3) is 0 Å². The molecule has 0 aliphatic heterocycles. The number of ether oxygens (including phenoxy) is 2. The molecule has 0 amide bonds. The number of methoxy groups -OCH3 is 2. The monoisotopic (exact) mass is 265 g/mol. The van der Waals surface area contributed by atoms with E-state index >= 15 is 0 Å². The normalized spacial score (nSPS) is 12.2. The lowest BCUT2D eigenvalue weighted by Gasteiger charge is -2.16. The van der Waals surface area contributed by atoms with Crippen molar-refractivity contribution in [3.05, 3.63) is 40.3 Å². The molecule has 5 nitrogen and oxygen atoms in total. The third kappa shape index (κ3) is 2.45. The molecule has 1 aromatic heterocycles. The molecule has 0 saturated carbocycles. The Morgan fingerprint density at radius 1 is 1.28 bits per heavy atom. The number of aromatic nitrogens is 1. The van der Waals surface area contributed by atoms with Crippen LogP contribution in [0.2, 0.25) is 0 Å². The molecule has 1 aromatic carbocycles. The van der Waals surface area contributed by atoms with Gasteiger partial charge in [-0.1, -0.05) is 6.07 Å². The van der Waals surface area contributed by atoms with E-state index in [9.17, 15) is 0 Å². The maximum Gasteiger partial charge on any atom is 0.161 e. The van der Waals surface area contributed by atoms with Crippen LogP contribution in [0.4, 0.5) is 0 Å². The van der Waals surface area contributed by atoms with E-state index in [1.165, 1.54) is 0 Å². The van der Waals surface area contributed by atoms with Crippen LogP contribution in [0.15, 0.2) is 29.9 Å². The van der Waals surface area contributed by atoms with Crippen molar-refractivity contribution in [2.75, 3.05) is 14.2 Å². The smallest absolute Gasteiger partial charge is 0.161 e. The fourth-order valence-corrected chi connectivity index (χ4v) is 2.45. The standard InChI is InChI=1S/C12H15N3O2S/c1-16-9-4-3-8(5-10(9)17-2)12(15-13)11-6-14-7-18-11/h3-7,12,15H,13H2,1-2H3. The van der Waals surface area contributed by atoms with Crippen LogP contribution in [0.3, 0.4) is 0 Å². The minimum absolute atomic E-state index is 0.0997. The molecule has 0 bridgehead atoms. The summed E-state index contributed by atoms with van der Waals surface area (Å²) in [6.45, 7) is 0. The minimum atomic E-state index is -0.0997. The lowest BCUT2D eigenvalue weighted by Crippen LogP contribution is -2.28. The predicted molar refractivity (Wildman–Crippen MR) is 70.8 cm³/mol. The first-order valence-corrected chi connectivity index (χ1v) is 6.24. The molecule has 0 saturated heterocycles. The molecular formula is C12H15N3O2S. The van der Waals surface area contributed by atoms with E-state index in [0.717, 1.165) is 10.4 Å². The molecule has 0 aliphatic carbocycles. The molecule has 0 spiro atoms. The van der Waals surface area contributed by atoms with Gasteiger partial charge in [0, 0.05) is 11.1 Å². The van der Waals surface area contributed by atoms with Crippen LogP contribution >= 0.6 is 11.3 Å². The molecule has 0 fully saturated rings. The number of nitrogens with zero attached hydrogens (tertiary/aromatic N) is 1. The average molecular weight is 265 g/mol. The Morgan fingerprint density at radius 3 is 2.61 bits per heavy atom. The van der Waals surface area contributed by atoms with Gasteiger partial charge in [0.1, 0.15) is 0 Å². The van der Waals surface area contributed by atoms with E-state index in [-0.39, 0.29) is 6.04 Å². The van der Waals surface area contributed by atoms with Gasteiger partial charge < -0.3 is 9.47 Å². The Morgan fingerprint density at radius 2 is 2.06 bits per heavy atom. The van der Waals surface area contributed by atoms with Gasteiger partial charge in [0.15, 0.2) is 11.5 Å². The fraction of sp³-hybridized carbons (Fsp3) is 0.250. The summed E-state index contributed by atoms with van der Waals surface area (Å²) >= 11 is 1.55. The third-order valence-electron chi connectivity index (χ3n) is 2.64. The van der Waals surface area contributed by atoms with Gasteiger partial charge in [0.05, 0.1) is 25.8 Å². The van der Waals surface area contributed by atoms with Gasteiger partial charge in [0.2, 0.25) is 0 Å². The number of hydrazine groups is 1. The molecule has 1 heterocycles. The Labute approximate surface area is 110 Å². The maximum atomic E-state index is 5.61. The van der Waals surface area contributed by atoms with E-state index in [1.54, 1.807) is 37.3 Å². The second-order valence-corrected chi connectivity index (χ2v) is 4.54. The number of hydrogen-bond donors (Lipinski definition) is 2. The molecule has 2 aromatic rings. The largest absolute Gasteiger partial charge is 0.493 e. The molecule has 0 radical (unpaired) electrons. The first-order chi connectivity index (χ1) is 8.80. The molecule has 3 N–H and O–H groups in total. The summed E-state index contributed by atoms with van der Waals surface area (Å²) in [6, 6.07) is 5.62. The zero-order chi connectivity index (χ0) is 13.0. The molecule has 18 heavy (non-hydrogen) atoms. The second kappa shape index (κ2) is 5.81. The van der Waals surface area contributed by atoms with Gasteiger partial charge in [-0.05, 0) is 17.7 Å². The second-order valence-electron chi connectivity index (χ2n) is 3.62. The van der Waals surface area contributed by atoms with Crippen molar-refractivity contribution in [1.29, 1.82) is 0 Å². The van der Waals surface area contributed by atoms with Crippen LogP contribution in [0.1, 0.15) is 16.5 Å². The van der Waals surface area contributed by atoms with Gasteiger partial charge in [-0.15, -0.1) is 11.3 Å². The summed E-state index contributed by atoms with van der Waals surface area (Å²) in [6.07, 6.45) is 1.80. The van der Waals surface area contributed by atoms with Crippen molar-refractivity contribution < 1.29 is 9.47 Å². The van der Waals surface area contributed by atoms with Gasteiger partial charge in [-0.25, -0.2) is 5.43 Å². The molecule has 1 unspecified atom stereocenters. The first-order valence-electron chi connectivity index (χ1n) is 5.36. The molecule has 1 atom stereocenters. The lowest BCUT2D eigenvalue weighted by molar-refractivity contribution is 0.354. The van der Waals surface area contributed by atoms with Crippen LogP contribution in [-0.4, -0.2) is 19.2 Å². The van der Waals surface area contributed by atoms with Crippen LogP contribution in [0, 0.1) is 0 Å². The van der Waals surface area contributed by atoms with E-state index in [0.29, 0.717) is 11.5 Å². The quantitative estimate of drug-likeness (QED) is 0.636. The first kappa shape index (κ1) is 12.8. The average Bonchev–Trinajstić information content (AvgIpc) is 2.93. The van der Waals surface area contributed by atoms with E-state index in [1.807, 2.05) is 18.2 Å². The molecular weight excluding hydrogens is 250 g/mol. The molecule has 6 heteroatoms. The van der Waals surface area contributed by atoms with Gasteiger partial charge in [-0.2, -0.15) is 0 Å². The van der Waals surface area contributed by atoms with Crippen LogP contribution in [0.25, 0.3) is 0 Å². The highest BCUT2D eigenvalue weighted by molar-refractivity contribution is 7.09. The number of benzene rings is 1. The molecule has 2 rings (SSSR count). The third-order valence-corrected chi connectivity index (χ3v) is 3.48. The Balaban J connectivity index is 2.37. The van der Waals surface area contributed by atoms with Crippen molar-refractivity contribution in [2.24, 2.45) is 5.84 Å². The van der Waals surface area contributed by atoms with Crippen LogP contribution in [-0.2, 0) is 0 Å². The van der Waals surface area contributed by atoms with Crippen molar-refractivity contribution in [3.8, 4) is 11.5 Å². The minimum Gasteiger partial charge on any atom is -0.493 e. The lowest BCUT2D eigenvalue weighted by atomic mass is 10.1. The van der Waals surface area contributed by atoms with E-state index in [2.05, 4.69) is 10.4 Å². The number of nitrogens with one attached hydrogen (secondary N) is 1. The van der Waals surface area contributed by atoms with Crippen molar-refractivity contribution >= 4 is 11.3 Å². The summed E-state index contributed by atoms with van der Waals surface area (Å²) in [5.41, 5.74) is 5.56. The Hall–Kier alpha value is -1.63. The SMILES string of the molecule is COc1ccc(C(NN)c2cncs2)cc1OC. The highest BCUT2D eigenvalue weighted by Crippen LogP contribution is 2.32. The zero-order valence-corrected chi connectivity index (χ0v) is 11.0. The van der Waals surface area contributed by atoms with Crippen molar-refractivity contribution in [1.82, 2.24) is 10.4 Å². The number of rotatable bonds is 5. The summed E-state index contributed by atoms with van der Waals surface area (Å²) in [5.74, 6) is 6.99. The Kier molecular flexibility index (Phi) is 4.14. The number of nitrogens with two attached hydrogens (primary N) is 1. The highest BCUT2D eigenvalue weighted by atomic mass is 32.1. The Bertz CT molecular complexity index is 502. The van der Waals surface area contributed by atoms with E-state index in [4.69, 9.17) is 15.3 Å². The van der Waals surface area contributed by atoms with Crippen LogP contribution in [0.5, 0.6) is 11.5 Å². The summed E-state index contributed by atoms with van der Waals surface area (Å²) in [7, 11) is 3.22. The molecule has 0 aliphatic rings. The predicted octanol–water partition coefficient (Wildman–Crippen LogP) is 1.71. The van der Waals surface area contributed by atoms with Crippen molar-refractivity contribution in [2.45, 2.75) is 6.04 Å². The summed E-state index contributed by atoms with van der Waals surface area (Å²) in [4.78, 5) is 5.11. The van der Waals surface area contributed by atoms with Crippen molar-refractivity contribution in [3.63, 3.8) is 0 Å². The summed E-state index contributed by atoms with van der Waals surface area (Å²) < 4.78 is 10.5. The highest BCUT2D eigenvalue weighted by Gasteiger charge is 2.16. The van der Waals surface area contributed by atoms with Gasteiger partial charge >= 0.3 is 0 Å². The zero-order valence-electron chi connectivity index (χ0n) is 10.2. The number of thiazole rings is 1. The summed E-state index contributed by atoms with van der Waals surface area (Å²) in [5, 5.41) is 0. The fourth-order valence-electron chi connectivity index (χ4n) is 1.74. The number of hydrogen-bond acceptors (Lipinski definition) is 6. The maximum absolute atomic E-state index is 5.61. The molecule has 96 valence electrons.